The number of unbranched alkanes of at least 4 members (excludes halogenated alkanes) is 7. The number of aromatic amines is 1. The van der Waals surface area contributed by atoms with Crippen molar-refractivity contribution in [3.63, 3.8) is 0 Å². The maximum atomic E-state index is 14.1. The molecule has 20 nitrogen and oxygen atoms in total. The zero-order valence-corrected chi connectivity index (χ0v) is 51.7. The number of urea groups is 1. The van der Waals surface area contributed by atoms with Crippen LogP contribution >= 0.6 is 11.3 Å². The standard InChI is InChI=1S/C65H78F3N13O7S/c1-41-15-23-48(33-52(41)65(66,67)68)73-56(84)39-80-37-47(36-72-80)46-22-26-51-53(32-46)76-77-59(51)75-60(85)45-20-24-49(25-21-45)78-28-30-79(31-29-78)63(88)69-27-13-11-9-7-6-8-10-12-14-55(83)74-58(64(3,4)5)62(87)81-38-50(82)34-54(81)61(86)70-35-43-16-18-44(19-17-43)57-42(2)71-40-89-57/h15-26,32-33,36-37,40,50,54,58,82H,6-14,27-31,34-35,38-39H2,1-5H3,(H,69,88)(H,70,86)(H,73,84)(H,74,83)(H2,75,76,77,85)/t50-,54+,58-/m1/s1. The van der Waals surface area contributed by atoms with E-state index in [-0.39, 0.29) is 73.4 Å². The van der Waals surface area contributed by atoms with E-state index in [4.69, 9.17) is 0 Å². The molecule has 0 saturated carbocycles. The summed E-state index contributed by atoms with van der Waals surface area (Å²) >= 11 is 1.57. The third-order valence-electron chi connectivity index (χ3n) is 16.3. The van der Waals surface area contributed by atoms with Crippen LogP contribution in [0.15, 0.2) is 103 Å². The van der Waals surface area contributed by atoms with Gasteiger partial charge in [-0.3, -0.25) is 33.8 Å². The van der Waals surface area contributed by atoms with Gasteiger partial charge in [-0.25, -0.2) is 9.78 Å². The SMILES string of the molecule is Cc1ccc(NC(=O)Cn2cc(-c3ccc4c(NC(=O)c5ccc(N6CCN(C(=O)NCCCCCCCCCCC(=O)N[C@H](C(=O)N7C[C@H](O)C[C@H]7C(=O)NCc7ccc(-c8scnc8C)cc7)C(C)(C)C)CC6)cc5)n[nH]c4c3)cn2)cc1C(F)(F)F. The highest BCUT2D eigenvalue weighted by Gasteiger charge is 2.44. The van der Waals surface area contributed by atoms with Crippen LogP contribution in [0.4, 0.5) is 35.2 Å². The topological polar surface area (TPSA) is 252 Å². The zero-order valence-electron chi connectivity index (χ0n) is 50.8. The Kier molecular flexibility index (Phi) is 21.2. The predicted octanol–water partition coefficient (Wildman–Crippen LogP) is 10.2. The van der Waals surface area contributed by atoms with Crippen LogP contribution in [-0.4, -0.2) is 133 Å². The van der Waals surface area contributed by atoms with Gasteiger partial charge in [-0.1, -0.05) is 95.7 Å². The molecule has 0 bridgehead atoms. The van der Waals surface area contributed by atoms with Crippen molar-refractivity contribution < 1.29 is 47.0 Å². The molecule has 7 N–H and O–H groups in total. The number of likely N-dealkylation sites (tertiary alicyclic amines) is 1. The lowest BCUT2D eigenvalue weighted by molar-refractivity contribution is -0.144. The normalized spacial score (nSPS) is 15.7. The molecule has 0 aliphatic carbocycles. The minimum atomic E-state index is -4.54. The van der Waals surface area contributed by atoms with Gasteiger partial charge >= 0.3 is 12.2 Å². The Morgan fingerprint density at radius 3 is 2.16 bits per heavy atom. The van der Waals surface area contributed by atoms with E-state index in [0.717, 1.165) is 84.0 Å². The van der Waals surface area contributed by atoms with Crippen LogP contribution in [-0.2, 0) is 38.4 Å². The first-order chi connectivity index (χ1) is 42.6. The van der Waals surface area contributed by atoms with Crippen molar-refractivity contribution in [1.82, 2.24) is 50.7 Å². The summed E-state index contributed by atoms with van der Waals surface area (Å²) in [5.41, 5.74) is 6.83. The number of piperazine rings is 1. The molecular formula is C65H78F3N13O7S. The van der Waals surface area contributed by atoms with Crippen molar-refractivity contribution in [2.24, 2.45) is 5.41 Å². The maximum Gasteiger partial charge on any atom is 0.416 e. The minimum Gasteiger partial charge on any atom is -0.391 e. The number of amides is 7. The Bertz CT molecular complexity index is 3610. The van der Waals surface area contributed by atoms with Gasteiger partial charge in [0.15, 0.2) is 5.82 Å². The summed E-state index contributed by atoms with van der Waals surface area (Å²) in [4.78, 5) is 90.7. The molecule has 0 spiro atoms. The number of aryl methyl sites for hydroxylation is 2. The number of carbonyl (C=O) groups is 6. The number of nitrogens with zero attached hydrogens (tertiary/aromatic N) is 7. The van der Waals surface area contributed by atoms with Gasteiger partial charge in [-0.05, 0) is 103 Å². The third kappa shape index (κ3) is 17.2. The fourth-order valence-electron chi connectivity index (χ4n) is 11.2. The number of nitrogens with one attached hydrogen (secondary N) is 6. The second-order valence-corrected chi connectivity index (χ2v) is 24.9. The number of fused-ring (bicyclic) bond motifs is 1. The Balaban J connectivity index is 0.614. The lowest BCUT2D eigenvalue weighted by atomic mass is 9.85. The number of H-pyrrole nitrogens is 1. The van der Waals surface area contributed by atoms with Crippen molar-refractivity contribution in [2.45, 2.75) is 136 Å². The van der Waals surface area contributed by atoms with Crippen LogP contribution in [0.25, 0.3) is 32.5 Å². The fourth-order valence-corrected chi connectivity index (χ4v) is 12.0. The quantitative estimate of drug-likeness (QED) is 0.0280. The zero-order chi connectivity index (χ0) is 63.4. The highest BCUT2D eigenvalue weighted by molar-refractivity contribution is 7.13. The van der Waals surface area contributed by atoms with E-state index < -0.39 is 41.2 Å². The number of benzene rings is 4. The lowest BCUT2D eigenvalue weighted by Gasteiger charge is -2.36. The molecule has 0 unspecified atom stereocenters. The van der Waals surface area contributed by atoms with Crippen molar-refractivity contribution in [1.29, 1.82) is 0 Å². The molecule has 5 heterocycles. The van der Waals surface area contributed by atoms with Gasteiger partial charge in [-0.15, -0.1) is 11.3 Å². The van der Waals surface area contributed by atoms with Crippen LogP contribution < -0.4 is 31.5 Å². The molecule has 2 saturated heterocycles. The van der Waals surface area contributed by atoms with E-state index in [2.05, 4.69) is 51.8 Å². The molecule has 3 aromatic heterocycles. The van der Waals surface area contributed by atoms with Crippen LogP contribution in [0.2, 0.25) is 0 Å². The van der Waals surface area contributed by atoms with Gasteiger partial charge < -0.3 is 46.4 Å². The van der Waals surface area contributed by atoms with Crippen LogP contribution in [0.5, 0.6) is 0 Å². The number of aliphatic hydroxyl groups is 1. The van der Waals surface area contributed by atoms with E-state index >= 15 is 0 Å². The molecule has 89 heavy (non-hydrogen) atoms. The molecule has 2 aliphatic rings. The first kappa shape index (κ1) is 64.8. The number of aliphatic hydroxyl groups excluding tert-OH is 1. The summed E-state index contributed by atoms with van der Waals surface area (Å²) < 4.78 is 41.5. The summed E-state index contributed by atoms with van der Waals surface area (Å²) in [6.45, 7) is 12.0. The summed E-state index contributed by atoms with van der Waals surface area (Å²) in [7, 11) is 0. The fraction of sp³-hybridized carbons (Fsp3) is 0.431. The molecule has 2 fully saturated rings. The second-order valence-electron chi connectivity index (χ2n) is 24.1. The Morgan fingerprint density at radius 2 is 1.47 bits per heavy atom. The summed E-state index contributed by atoms with van der Waals surface area (Å²) in [6, 6.07) is 22.5. The highest BCUT2D eigenvalue weighted by atomic mass is 32.1. The molecule has 0 radical (unpaired) electrons. The van der Waals surface area contributed by atoms with Crippen molar-refractivity contribution in [3.8, 4) is 21.6 Å². The molecule has 7 amide bonds. The Morgan fingerprint density at radius 1 is 0.775 bits per heavy atom. The van der Waals surface area contributed by atoms with E-state index in [1.165, 1.54) is 28.6 Å². The molecule has 4 aromatic carbocycles. The molecule has 9 rings (SSSR count). The predicted molar refractivity (Wildman–Crippen MR) is 337 cm³/mol. The van der Waals surface area contributed by atoms with E-state index in [0.29, 0.717) is 67.0 Å². The first-order valence-electron chi connectivity index (χ1n) is 30.3. The summed E-state index contributed by atoms with van der Waals surface area (Å²) in [5.74, 6) is -1.48. The van der Waals surface area contributed by atoms with E-state index in [9.17, 15) is 47.0 Å². The van der Waals surface area contributed by atoms with Crippen molar-refractivity contribution in [2.75, 3.05) is 54.8 Å². The van der Waals surface area contributed by atoms with Gasteiger partial charge in [0.25, 0.3) is 5.91 Å². The average molecular weight is 1240 g/mol. The van der Waals surface area contributed by atoms with Crippen molar-refractivity contribution >= 4 is 75.0 Å². The largest absolute Gasteiger partial charge is 0.416 e. The van der Waals surface area contributed by atoms with Gasteiger partial charge in [0, 0.05) is 92.7 Å². The lowest BCUT2D eigenvalue weighted by Crippen LogP contribution is -2.57. The average Bonchev–Trinajstić information content (AvgIpc) is 2.33. The number of halogens is 3. The number of hydrogen-bond acceptors (Lipinski definition) is 12. The monoisotopic (exact) mass is 1240 g/mol. The number of anilines is 3. The maximum absolute atomic E-state index is 14.1. The van der Waals surface area contributed by atoms with Gasteiger partial charge in [0.2, 0.25) is 23.6 Å². The molecule has 7 aromatic rings. The number of thiazole rings is 1. The summed E-state index contributed by atoms with van der Waals surface area (Å²) in [6.07, 6.45) is 5.79. The number of hydrogen-bond donors (Lipinski definition) is 7. The highest BCUT2D eigenvalue weighted by Crippen LogP contribution is 2.35. The van der Waals surface area contributed by atoms with Crippen molar-refractivity contribution in [3.05, 3.63) is 131 Å². The molecule has 24 heteroatoms. The molecule has 2 aliphatic heterocycles. The van der Waals surface area contributed by atoms with Gasteiger partial charge in [-0.2, -0.15) is 23.4 Å². The second kappa shape index (κ2) is 29.1. The number of aromatic nitrogens is 5. The van der Waals surface area contributed by atoms with Crippen LogP contribution in [0, 0.1) is 19.3 Å². The molecular weight excluding hydrogens is 1160 g/mol. The third-order valence-corrected chi connectivity index (χ3v) is 17.3. The molecule has 3 atom stereocenters. The summed E-state index contributed by atoms with van der Waals surface area (Å²) in [5, 5.41) is 37.2. The van der Waals surface area contributed by atoms with Gasteiger partial charge in [0.1, 0.15) is 18.6 Å². The number of rotatable bonds is 24. The number of alkyl halides is 3. The Hall–Kier alpha value is -8.64. The first-order valence-corrected chi connectivity index (χ1v) is 31.2. The number of β-amino-alcohol motifs (C(OH)–C–C–N with tert-alkyl or cyclic N) is 1. The Labute approximate surface area is 519 Å². The van der Waals surface area contributed by atoms with Gasteiger partial charge in [0.05, 0.1) is 39.5 Å². The van der Waals surface area contributed by atoms with Crippen LogP contribution in [0.1, 0.15) is 118 Å². The number of carbonyl (C=O) groups excluding carboxylic acids is 6. The smallest absolute Gasteiger partial charge is 0.391 e. The van der Waals surface area contributed by atoms with E-state index in [1.54, 1.807) is 35.9 Å². The minimum absolute atomic E-state index is 0.0145. The molecule has 472 valence electrons. The van der Waals surface area contributed by atoms with Crippen LogP contribution in [0.3, 0.4) is 0 Å². The van der Waals surface area contributed by atoms with E-state index in [1.807, 2.05) is 92.7 Å².